The van der Waals surface area contributed by atoms with Gasteiger partial charge in [-0.2, -0.15) is 10.2 Å². The van der Waals surface area contributed by atoms with Crippen LogP contribution in [0.2, 0.25) is 0 Å². The van der Waals surface area contributed by atoms with Crippen LogP contribution in [-0.2, 0) is 19.2 Å². The molecule has 0 aromatic heterocycles. The highest BCUT2D eigenvalue weighted by molar-refractivity contribution is 6.44. The molecule has 0 amide bonds. The van der Waals surface area contributed by atoms with Crippen molar-refractivity contribution in [3.8, 4) is 0 Å². The fraction of sp³-hybridized carbons (Fsp3) is 0.421. The molecule has 0 radical (unpaired) electrons. The van der Waals surface area contributed by atoms with Crippen molar-refractivity contribution in [3.63, 3.8) is 0 Å². The molecule has 1 aromatic rings. The summed E-state index contributed by atoms with van der Waals surface area (Å²) in [7, 11) is 4.17. The summed E-state index contributed by atoms with van der Waals surface area (Å²) >= 11 is 0. The molecule has 0 unspecified atom stereocenters. The Labute approximate surface area is 158 Å². The van der Waals surface area contributed by atoms with E-state index in [2.05, 4.69) is 20.5 Å². The number of methoxy groups -OCH3 is 1. The summed E-state index contributed by atoms with van der Waals surface area (Å²) in [5.74, 6) is -0.237. The quantitative estimate of drug-likeness (QED) is 0.398. The second kappa shape index (κ2) is 9.61. The molecule has 1 saturated carbocycles. The lowest BCUT2D eigenvalue weighted by Crippen LogP contribution is -2.20. The van der Waals surface area contributed by atoms with Crippen LogP contribution in [0.1, 0.15) is 37.8 Å². The molecule has 1 fully saturated rings. The highest BCUT2D eigenvalue weighted by Gasteiger charge is 2.30. The Kier molecular flexibility index (Phi) is 7.22. The van der Waals surface area contributed by atoms with Crippen molar-refractivity contribution in [2.24, 2.45) is 26.4 Å². The molecule has 0 aliphatic heterocycles. The van der Waals surface area contributed by atoms with Gasteiger partial charge < -0.3 is 14.4 Å². The second-order valence-electron chi connectivity index (χ2n) is 5.96. The average Bonchev–Trinajstić information content (AvgIpc) is 3.51. The summed E-state index contributed by atoms with van der Waals surface area (Å²) in [6.07, 6.45) is 2.13. The first-order valence-corrected chi connectivity index (χ1v) is 8.53. The Balaban J connectivity index is 2.44. The molecule has 8 nitrogen and oxygen atoms in total. The fourth-order valence-electron chi connectivity index (χ4n) is 2.56. The number of esters is 1. The molecule has 0 atom stereocenters. The van der Waals surface area contributed by atoms with Crippen LogP contribution in [0.5, 0.6) is 0 Å². The molecule has 0 saturated heterocycles. The minimum atomic E-state index is -0.595. The molecule has 144 valence electrons. The number of oxime groups is 2. The number of hydrogen-bond donors (Lipinski definition) is 0. The van der Waals surface area contributed by atoms with Gasteiger partial charge in [0.15, 0.2) is 5.71 Å². The lowest BCUT2D eigenvalue weighted by Gasteiger charge is -2.09. The third-order valence-corrected chi connectivity index (χ3v) is 4.00. The highest BCUT2D eigenvalue weighted by Crippen LogP contribution is 2.31. The highest BCUT2D eigenvalue weighted by atomic mass is 16.6. The Morgan fingerprint density at radius 1 is 0.963 bits per heavy atom. The van der Waals surface area contributed by atoms with Crippen molar-refractivity contribution >= 4 is 28.8 Å². The summed E-state index contributed by atoms with van der Waals surface area (Å²) in [5.41, 5.74) is 3.47. The van der Waals surface area contributed by atoms with E-state index in [0.29, 0.717) is 28.5 Å². The number of benzene rings is 1. The Hall–Kier alpha value is -3.03. The van der Waals surface area contributed by atoms with E-state index >= 15 is 0 Å². The SMILES string of the molecule is CO/N=C(C)/C(=N/N=C(\C)c1ccccc1/C(=N\OC)C(=O)OC)C1CC1. The van der Waals surface area contributed by atoms with Crippen molar-refractivity contribution in [3.05, 3.63) is 35.4 Å². The molecular formula is C19H24N4O4. The van der Waals surface area contributed by atoms with Gasteiger partial charge in [-0.25, -0.2) is 4.79 Å². The van der Waals surface area contributed by atoms with Crippen LogP contribution in [0.25, 0.3) is 0 Å². The van der Waals surface area contributed by atoms with Crippen LogP contribution < -0.4 is 0 Å². The summed E-state index contributed by atoms with van der Waals surface area (Å²) in [4.78, 5) is 21.7. The Morgan fingerprint density at radius 2 is 1.59 bits per heavy atom. The van der Waals surface area contributed by atoms with Crippen LogP contribution in [0.15, 0.2) is 44.8 Å². The van der Waals surface area contributed by atoms with Crippen molar-refractivity contribution in [1.29, 1.82) is 0 Å². The van der Waals surface area contributed by atoms with Crippen LogP contribution in [0, 0.1) is 5.92 Å². The predicted octanol–water partition coefficient (Wildman–Crippen LogP) is 2.81. The second-order valence-corrected chi connectivity index (χ2v) is 5.96. The zero-order valence-electron chi connectivity index (χ0n) is 16.2. The van der Waals surface area contributed by atoms with Gasteiger partial charge in [-0.15, -0.1) is 0 Å². The maximum atomic E-state index is 12.1. The molecule has 1 aliphatic carbocycles. The van der Waals surface area contributed by atoms with Crippen molar-refractivity contribution in [2.75, 3.05) is 21.3 Å². The van der Waals surface area contributed by atoms with E-state index in [9.17, 15) is 4.79 Å². The first-order chi connectivity index (χ1) is 13.0. The van der Waals surface area contributed by atoms with Crippen molar-refractivity contribution < 1.29 is 19.2 Å². The smallest absolute Gasteiger partial charge is 0.360 e. The van der Waals surface area contributed by atoms with Crippen LogP contribution in [0.3, 0.4) is 0 Å². The van der Waals surface area contributed by atoms with E-state index in [0.717, 1.165) is 18.6 Å². The Morgan fingerprint density at radius 3 is 2.15 bits per heavy atom. The molecule has 0 bridgehead atoms. The third kappa shape index (κ3) is 5.22. The fourth-order valence-corrected chi connectivity index (χ4v) is 2.56. The monoisotopic (exact) mass is 372 g/mol. The summed E-state index contributed by atoms with van der Waals surface area (Å²) in [6, 6.07) is 7.24. The molecule has 0 N–H and O–H groups in total. The third-order valence-electron chi connectivity index (χ3n) is 4.00. The Bertz CT molecular complexity index is 808. The summed E-state index contributed by atoms with van der Waals surface area (Å²) in [6.45, 7) is 3.66. The number of carbonyl (C=O) groups is 1. The van der Waals surface area contributed by atoms with Crippen molar-refractivity contribution in [1.82, 2.24) is 0 Å². The van der Waals surface area contributed by atoms with E-state index in [1.807, 2.05) is 26.0 Å². The van der Waals surface area contributed by atoms with Gasteiger partial charge in [0.25, 0.3) is 0 Å². The van der Waals surface area contributed by atoms with Gasteiger partial charge in [-0.1, -0.05) is 34.6 Å². The largest absolute Gasteiger partial charge is 0.464 e. The summed E-state index contributed by atoms with van der Waals surface area (Å²) < 4.78 is 4.80. The standard InChI is InChI=1S/C19H24N4O4/c1-12(20-21-17(14-10-11-14)13(2)22-26-4)15-8-6-7-9-16(15)18(23-27-5)19(24)25-3/h6-9,14H,10-11H2,1-5H3/b20-12+,21-17-,22-13+,23-18+. The van der Waals surface area contributed by atoms with E-state index in [1.165, 1.54) is 21.3 Å². The maximum absolute atomic E-state index is 12.1. The van der Waals surface area contributed by atoms with Crippen LogP contribution >= 0.6 is 0 Å². The zero-order valence-corrected chi connectivity index (χ0v) is 16.2. The molecular weight excluding hydrogens is 348 g/mol. The van der Waals surface area contributed by atoms with E-state index in [1.54, 1.807) is 12.1 Å². The average molecular weight is 372 g/mol. The number of carbonyl (C=O) groups excluding carboxylic acids is 1. The van der Waals surface area contributed by atoms with E-state index < -0.39 is 5.97 Å². The minimum Gasteiger partial charge on any atom is -0.464 e. The summed E-state index contributed by atoms with van der Waals surface area (Å²) in [5, 5.41) is 16.5. The van der Waals surface area contributed by atoms with Gasteiger partial charge in [0.05, 0.1) is 18.5 Å². The molecule has 0 heterocycles. The number of nitrogens with zero attached hydrogens (tertiary/aromatic N) is 4. The van der Waals surface area contributed by atoms with E-state index in [-0.39, 0.29) is 5.71 Å². The number of ether oxygens (including phenoxy) is 1. The normalized spacial score (nSPS) is 16.2. The molecule has 1 aliphatic rings. The van der Waals surface area contributed by atoms with E-state index in [4.69, 9.17) is 14.4 Å². The van der Waals surface area contributed by atoms with Gasteiger partial charge in [0.2, 0.25) is 0 Å². The van der Waals surface area contributed by atoms with Crippen molar-refractivity contribution in [2.45, 2.75) is 26.7 Å². The van der Waals surface area contributed by atoms with Gasteiger partial charge in [0.1, 0.15) is 19.9 Å². The van der Waals surface area contributed by atoms with Gasteiger partial charge in [-0.05, 0) is 26.7 Å². The molecule has 1 aromatic carbocycles. The van der Waals surface area contributed by atoms with Crippen LogP contribution in [0.4, 0.5) is 0 Å². The maximum Gasteiger partial charge on any atom is 0.360 e. The zero-order chi connectivity index (χ0) is 19.8. The first kappa shape index (κ1) is 20.3. The first-order valence-electron chi connectivity index (χ1n) is 8.53. The molecule has 27 heavy (non-hydrogen) atoms. The number of rotatable bonds is 8. The van der Waals surface area contributed by atoms with Crippen LogP contribution in [-0.4, -0.2) is 50.1 Å². The van der Waals surface area contributed by atoms with Gasteiger partial charge in [0, 0.05) is 17.0 Å². The molecule has 8 heteroatoms. The predicted molar refractivity (Wildman–Crippen MR) is 104 cm³/mol. The molecule has 0 spiro atoms. The topological polar surface area (TPSA) is 94.2 Å². The minimum absolute atomic E-state index is 0.0636. The number of hydrogen-bond acceptors (Lipinski definition) is 8. The lowest BCUT2D eigenvalue weighted by atomic mass is 10.00. The van der Waals surface area contributed by atoms with Gasteiger partial charge in [-0.3, -0.25) is 0 Å². The molecule has 2 rings (SSSR count). The van der Waals surface area contributed by atoms with Gasteiger partial charge >= 0.3 is 5.97 Å². The lowest BCUT2D eigenvalue weighted by molar-refractivity contribution is -0.132.